The van der Waals surface area contributed by atoms with Crippen LogP contribution in [0.3, 0.4) is 0 Å². The Kier molecular flexibility index (Phi) is 6.72. The first-order chi connectivity index (χ1) is 14.1. The van der Waals surface area contributed by atoms with Gasteiger partial charge in [0.2, 0.25) is 0 Å². The Balaban J connectivity index is 2.19. The molecule has 0 aliphatic rings. The smallest absolute Gasteiger partial charge is 0.357 e. The van der Waals surface area contributed by atoms with Crippen molar-refractivity contribution in [3.8, 4) is 16.9 Å². The molecular formula is C22H22N2O4S. The highest BCUT2D eigenvalue weighted by atomic mass is 32.2. The van der Waals surface area contributed by atoms with Gasteiger partial charge in [0.05, 0.1) is 19.9 Å². The minimum Gasteiger partial charge on any atom is -0.465 e. The maximum Gasteiger partial charge on any atom is 0.357 e. The minimum absolute atomic E-state index is 0.0324. The lowest BCUT2D eigenvalue weighted by Gasteiger charge is -2.07. The van der Waals surface area contributed by atoms with Crippen molar-refractivity contribution in [2.24, 2.45) is 0 Å². The molecule has 1 aromatic heterocycles. The number of nitrogens with zero attached hydrogens (tertiary/aromatic N) is 2. The topological polar surface area (TPSA) is 70.4 Å². The van der Waals surface area contributed by atoms with Crippen LogP contribution in [0.15, 0.2) is 59.5 Å². The van der Waals surface area contributed by atoms with Crippen LogP contribution in [0.5, 0.6) is 0 Å². The molecule has 0 spiro atoms. The molecule has 3 aromatic rings. The van der Waals surface area contributed by atoms with Gasteiger partial charge in [0, 0.05) is 10.5 Å². The molecule has 0 radical (unpaired) electrons. The van der Waals surface area contributed by atoms with Gasteiger partial charge < -0.3 is 9.47 Å². The second-order valence-corrected chi connectivity index (χ2v) is 7.34. The quantitative estimate of drug-likeness (QED) is 0.418. The van der Waals surface area contributed by atoms with Crippen LogP contribution in [-0.2, 0) is 9.47 Å². The predicted octanol–water partition coefficient (Wildman–Crippen LogP) is 4.61. The van der Waals surface area contributed by atoms with Gasteiger partial charge in [-0.3, -0.25) is 0 Å². The summed E-state index contributed by atoms with van der Waals surface area (Å²) in [5.74, 6) is -0.280. The molecule has 150 valence electrons. The van der Waals surface area contributed by atoms with Gasteiger partial charge in [0.1, 0.15) is 11.3 Å². The molecule has 1 heterocycles. The van der Waals surface area contributed by atoms with E-state index >= 15 is 0 Å². The van der Waals surface area contributed by atoms with Crippen LogP contribution in [0.4, 0.5) is 0 Å². The van der Waals surface area contributed by atoms with Gasteiger partial charge in [-0.05, 0) is 36.4 Å². The molecule has 0 fully saturated rings. The summed E-state index contributed by atoms with van der Waals surface area (Å²) in [6.45, 7) is 2.13. The fourth-order valence-electron chi connectivity index (χ4n) is 2.89. The van der Waals surface area contributed by atoms with Crippen LogP contribution in [0.1, 0.15) is 34.2 Å². The van der Waals surface area contributed by atoms with Crippen LogP contribution >= 0.6 is 11.8 Å². The lowest BCUT2D eigenvalue weighted by molar-refractivity contribution is 0.0549. The monoisotopic (exact) mass is 410 g/mol. The van der Waals surface area contributed by atoms with Gasteiger partial charge in [-0.1, -0.05) is 37.3 Å². The highest BCUT2D eigenvalue weighted by molar-refractivity contribution is 7.99. The average molecular weight is 410 g/mol. The summed E-state index contributed by atoms with van der Waals surface area (Å²) in [6, 6.07) is 16.9. The van der Waals surface area contributed by atoms with E-state index in [1.165, 1.54) is 18.9 Å². The van der Waals surface area contributed by atoms with Crippen LogP contribution in [-0.4, -0.2) is 41.7 Å². The second-order valence-electron chi connectivity index (χ2n) is 6.18. The first kappa shape index (κ1) is 20.7. The molecule has 0 unspecified atom stereocenters. The summed E-state index contributed by atoms with van der Waals surface area (Å²) in [7, 11) is 2.54. The number of esters is 2. The summed E-state index contributed by atoms with van der Waals surface area (Å²) in [5, 5.41) is 4.59. The molecular weight excluding hydrogens is 388 g/mol. The Morgan fingerprint density at radius 3 is 2.21 bits per heavy atom. The number of aromatic nitrogens is 2. The molecule has 3 rings (SSSR count). The predicted molar refractivity (Wildman–Crippen MR) is 113 cm³/mol. The molecule has 0 bridgehead atoms. The molecule has 0 amide bonds. The number of hydrogen-bond acceptors (Lipinski definition) is 6. The largest absolute Gasteiger partial charge is 0.465 e. The van der Waals surface area contributed by atoms with Crippen molar-refractivity contribution in [2.75, 3.05) is 20.0 Å². The van der Waals surface area contributed by atoms with Crippen molar-refractivity contribution < 1.29 is 19.1 Å². The first-order valence-corrected chi connectivity index (χ1v) is 10.2. The van der Waals surface area contributed by atoms with Crippen molar-refractivity contribution in [2.45, 2.75) is 18.2 Å². The van der Waals surface area contributed by atoms with Crippen LogP contribution in [0, 0.1) is 0 Å². The van der Waals surface area contributed by atoms with Gasteiger partial charge in [0.25, 0.3) is 0 Å². The fourth-order valence-corrected chi connectivity index (χ4v) is 3.65. The molecule has 0 saturated heterocycles. The number of carbonyl (C=O) groups excluding carboxylic acids is 2. The van der Waals surface area contributed by atoms with E-state index in [0.717, 1.165) is 17.1 Å². The van der Waals surface area contributed by atoms with E-state index in [-0.39, 0.29) is 11.3 Å². The Morgan fingerprint density at radius 2 is 1.62 bits per heavy atom. The first-order valence-electron chi connectivity index (χ1n) is 9.19. The van der Waals surface area contributed by atoms with E-state index in [2.05, 4.69) is 12.0 Å². The fraction of sp³-hybridized carbons (Fsp3) is 0.227. The van der Waals surface area contributed by atoms with Crippen LogP contribution < -0.4 is 0 Å². The Hall–Kier alpha value is -3.06. The number of methoxy groups -OCH3 is 2. The van der Waals surface area contributed by atoms with E-state index < -0.39 is 11.9 Å². The third-order valence-electron chi connectivity index (χ3n) is 4.26. The summed E-state index contributed by atoms with van der Waals surface area (Å²) in [5.41, 5.74) is 1.83. The Labute approximate surface area is 173 Å². The molecule has 0 atom stereocenters. The maximum atomic E-state index is 12.6. The van der Waals surface area contributed by atoms with E-state index in [4.69, 9.17) is 9.47 Å². The summed E-state index contributed by atoms with van der Waals surface area (Å²) in [6.07, 6.45) is 1.09. The normalized spacial score (nSPS) is 10.6. The van der Waals surface area contributed by atoms with Gasteiger partial charge in [0.15, 0.2) is 5.69 Å². The molecule has 29 heavy (non-hydrogen) atoms. The van der Waals surface area contributed by atoms with E-state index in [1.807, 2.05) is 42.5 Å². The second kappa shape index (κ2) is 9.43. The number of para-hydroxylation sites is 1. The number of thioether (sulfide) groups is 1. The van der Waals surface area contributed by atoms with Gasteiger partial charge in [-0.2, -0.15) is 5.10 Å². The van der Waals surface area contributed by atoms with Gasteiger partial charge >= 0.3 is 11.9 Å². The number of carbonyl (C=O) groups is 2. The van der Waals surface area contributed by atoms with E-state index in [9.17, 15) is 9.59 Å². The highest BCUT2D eigenvalue weighted by Crippen LogP contribution is 2.30. The Morgan fingerprint density at radius 1 is 0.966 bits per heavy atom. The van der Waals surface area contributed by atoms with Crippen molar-refractivity contribution in [1.82, 2.24) is 9.78 Å². The summed E-state index contributed by atoms with van der Waals surface area (Å²) < 4.78 is 11.3. The maximum absolute atomic E-state index is 12.6. The zero-order valence-electron chi connectivity index (χ0n) is 16.5. The van der Waals surface area contributed by atoms with Crippen LogP contribution in [0.2, 0.25) is 0 Å². The highest BCUT2D eigenvalue weighted by Gasteiger charge is 2.31. The number of benzene rings is 2. The molecule has 2 aromatic carbocycles. The lowest BCUT2D eigenvalue weighted by atomic mass is 10.1. The zero-order chi connectivity index (χ0) is 20.8. The number of ether oxygens (including phenoxy) is 2. The molecule has 0 aliphatic carbocycles. The third-order valence-corrected chi connectivity index (χ3v) is 5.47. The van der Waals surface area contributed by atoms with E-state index in [0.29, 0.717) is 16.9 Å². The molecule has 7 heteroatoms. The van der Waals surface area contributed by atoms with Crippen LogP contribution in [0.25, 0.3) is 16.9 Å². The molecule has 0 saturated carbocycles. The molecule has 0 aliphatic heterocycles. The molecule has 0 N–H and O–H groups in total. The number of rotatable bonds is 7. The lowest BCUT2D eigenvalue weighted by Crippen LogP contribution is -2.15. The number of hydrogen-bond donors (Lipinski definition) is 0. The Bertz CT molecular complexity index is 998. The average Bonchev–Trinajstić information content (AvgIpc) is 3.18. The van der Waals surface area contributed by atoms with E-state index in [1.54, 1.807) is 23.9 Å². The summed E-state index contributed by atoms with van der Waals surface area (Å²) >= 11 is 1.76. The van der Waals surface area contributed by atoms with Crippen molar-refractivity contribution in [3.05, 3.63) is 65.9 Å². The van der Waals surface area contributed by atoms with Crippen molar-refractivity contribution in [3.63, 3.8) is 0 Å². The zero-order valence-corrected chi connectivity index (χ0v) is 17.4. The summed E-state index contributed by atoms with van der Waals surface area (Å²) in [4.78, 5) is 26.3. The molecule has 6 nitrogen and oxygen atoms in total. The van der Waals surface area contributed by atoms with Crippen molar-refractivity contribution >= 4 is 23.7 Å². The minimum atomic E-state index is -0.664. The van der Waals surface area contributed by atoms with Crippen molar-refractivity contribution in [1.29, 1.82) is 0 Å². The van der Waals surface area contributed by atoms with Gasteiger partial charge in [-0.25, -0.2) is 14.3 Å². The third kappa shape index (κ3) is 4.35. The standard InChI is InChI=1S/C22H22N2O4S/c1-4-14-29-17-12-10-15(11-13-17)19-18(21(25)27-2)20(22(26)28-3)24(23-19)16-8-6-5-7-9-16/h5-13H,4,14H2,1-3H3. The van der Waals surface area contributed by atoms with Gasteiger partial charge in [-0.15, -0.1) is 11.8 Å². The SMILES string of the molecule is CCCSc1ccc(-c2nn(-c3ccccc3)c(C(=O)OC)c2C(=O)OC)cc1.